The number of benzene rings is 2. The van der Waals surface area contributed by atoms with Crippen LogP contribution in [-0.2, 0) is 11.3 Å². The van der Waals surface area contributed by atoms with Gasteiger partial charge in [0.15, 0.2) is 11.5 Å². The summed E-state index contributed by atoms with van der Waals surface area (Å²) in [7, 11) is 2.75. The number of esters is 1. The molecule has 0 fully saturated rings. The van der Waals surface area contributed by atoms with Crippen molar-refractivity contribution in [2.24, 2.45) is 0 Å². The van der Waals surface area contributed by atoms with Crippen molar-refractivity contribution in [3.8, 4) is 11.5 Å². The Balaban J connectivity index is 2.25. The van der Waals surface area contributed by atoms with Crippen molar-refractivity contribution >= 4 is 40.8 Å². The number of hydrogen-bond donors (Lipinski definition) is 0. The van der Waals surface area contributed by atoms with Crippen molar-refractivity contribution in [2.45, 2.75) is 6.61 Å². The monoisotopic (exact) mass is 374 g/mol. The summed E-state index contributed by atoms with van der Waals surface area (Å²) in [6.45, 7) is 0.213. The zero-order valence-corrected chi connectivity index (χ0v) is 14.6. The van der Waals surface area contributed by atoms with E-state index < -0.39 is 5.97 Å². The second-order valence-electron chi connectivity index (χ2n) is 4.52. The molecule has 0 atom stereocenters. The first kappa shape index (κ1) is 17.7. The van der Waals surface area contributed by atoms with Crippen molar-refractivity contribution in [1.29, 1.82) is 0 Å². The van der Waals surface area contributed by atoms with Gasteiger partial charge in [-0.15, -0.1) is 0 Å². The summed E-state index contributed by atoms with van der Waals surface area (Å²) >= 11 is 18.0. The molecule has 0 aliphatic rings. The average Bonchev–Trinajstić information content (AvgIpc) is 2.55. The molecule has 0 saturated heterocycles. The van der Waals surface area contributed by atoms with E-state index in [1.807, 2.05) is 0 Å². The van der Waals surface area contributed by atoms with E-state index in [1.54, 1.807) is 18.2 Å². The van der Waals surface area contributed by atoms with Crippen LogP contribution in [0.4, 0.5) is 0 Å². The zero-order chi connectivity index (χ0) is 17.0. The van der Waals surface area contributed by atoms with Gasteiger partial charge in [0.2, 0.25) is 0 Å². The topological polar surface area (TPSA) is 44.8 Å². The molecule has 0 amide bonds. The van der Waals surface area contributed by atoms with Gasteiger partial charge in [0.1, 0.15) is 6.61 Å². The molecular weight excluding hydrogens is 363 g/mol. The molecule has 0 spiro atoms. The molecule has 0 aromatic heterocycles. The van der Waals surface area contributed by atoms with Gasteiger partial charge in [-0.1, -0.05) is 40.9 Å². The van der Waals surface area contributed by atoms with E-state index in [4.69, 9.17) is 44.3 Å². The van der Waals surface area contributed by atoms with Gasteiger partial charge in [0.05, 0.1) is 34.9 Å². The molecule has 4 nitrogen and oxygen atoms in total. The highest BCUT2D eigenvalue weighted by atomic mass is 35.5. The molecule has 122 valence electrons. The normalized spacial score (nSPS) is 10.3. The minimum absolute atomic E-state index is 0.213. The number of methoxy groups -OCH3 is 2. The summed E-state index contributed by atoms with van der Waals surface area (Å²) < 4.78 is 15.6. The quantitative estimate of drug-likeness (QED) is 0.688. The smallest absolute Gasteiger partial charge is 0.338 e. The van der Waals surface area contributed by atoms with Gasteiger partial charge in [-0.25, -0.2) is 4.79 Å². The van der Waals surface area contributed by atoms with Gasteiger partial charge < -0.3 is 14.2 Å². The third-order valence-electron chi connectivity index (χ3n) is 3.02. The maximum atomic E-state index is 11.6. The maximum Gasteiger partial charge on any atom is 0.338 e. The van der Waals surface area contributed by atoms with Gasteiger partial charge in [0, 0.05) is 0 Å². The highest BCUT2D eigenvalue weighted by Crippen LogP contribution is 2.37. The molecule has 2 aromatic rings. The molecule has 7 heteroatoms. The molecule has 0 unspecified atom stereocenters. The number of carbonyl (C=O) groups is 1. The Hall–Kier alpha value is -1.62. The van der Waals surface area contributed by atoms with Gasteiger partial charge in [-0.2, -0.15) is 0 Å². The molecule has 0 aliphatic heterocycles. The lowest BCUT2D eigenvalue weighted by atomic mass is 10.2. The van der Waals surface area contributed by atoms with E-state index in [1.165, 1.54) is 26.4 Å². The summed E-state index contributed by atoms with van der Waals surface area (Å²) in [5.41, 5.74) is 1.09. The van der Waals surface area contributed by atoms with Crippen molar-refractivity contribution < 1.29 is 19.0 Å². The minimum Gasteiger partial charge on any atom is -0.493 e. The van der Waals surface area contributed by atoms with Gasteiger partial charge in [0.25, 0.3) is 0 Å². The first-order valence-electron chi connectivity index (χ1n) is 6.48. The molecule has 2 rings (SSSR count). The Morgan fingerprint density at radius 1 is 1.00 bits per heavy atom. The number of hydrogen-bond acceptors (Lipinski definition) is 4. The number of halogens is 3. The fraction of sp³-hybridized carbons (Fsp3) is 0.188. The van der Waals surface area contributed by atoms with Crippen LogP contribution in [0.2, 0.25) is 15.1 Å². The second kappa shape index (κ2) is 7.77. The van der Waals surface area contributed by atoms with E-state index >= 15 is 0 Å². The Labute approximate surface area is 148 Å². The second-order valence-corrected chi connectivity index (χ2v) is 5.74. The fourth-order valence-electron chi connectivity index (χ4n) is 1.88. The molecule has 0 bridgehead atoms. The molecule has 23 heavy (non-hydrogen) atoms. The predicted octanol–water partition coefficient (Wildman–Crippen LogP) is 5.02. The van der Waals surface area contributed by atoms with Crippen LogP contribution in [0.15, 0.2) is 30.3 Å². The molecule has 0 N–H and O–H groups in total. The van der Waals surface area contributed by atoms with Gasteiger partial charge in [-0.05, 0) is 29.8 Å². The standard InChI is InChI=1S/C16H13Cl3O4/c1-21-14-7-10(16(20)22-2)6-13(19)15(14)23-8-9-3-4-11(17)12(18)5-9/h3-7H,8H2,1-2H3. The summed E-state index contributed by atoms with van der Waals surface area (Å²) in [6, 6.07) is 8.13. The molecule has 0 aliphatic carbocycles. The zero-order valence-electron chi connectivity index (χ0n) is 12.4. The number of rotatable bonds is 5. The van der Waals surface area contributed by atoms with Crippen LogP contribution >= 0.6 is 34.8 Å². The third-order valence-corrected chi connectivity index (χ3v) is 4.04. The van der Waals surface area contributed by atoms with E-state index in [2.05, 4.69) is 4.74 Å². The van der Waals surface area contributed by atoms with Crippen molar-refractivity contribution in [3.63, 3.8) is 0 Å². The minimum atomic E-state index is -0.513. The lowest BCUT2D eigenvalue weighted by Crippen LogP contribution is -2.04. The van der Waals surface area contributed by atoms with Crippen LogP contribution < -0.4 is 9.47 Å². The third kappa shape index (κ3) is 4.22. The molecule has 0 radical (unpaired) electrons. The van der Waals surface area contributed by atoms with Crippen molar-refractivity contribution in [3.05, 3.63) is 56.5 Å². The van der Waals surface area contributed by atoms with E-state index in [9.17, 15) is 4.79 Å². The molecule has 2 aromatic carbocycles. The lowest BCUT2D eigenvalue weighted by molar-refractivity contribution is 0.0600. The van der Waals surface area contributed by atoms with E-state index in [-0.39, 0.29) is 17.2 Å². The van der Waals surface area contributed by atoms with Crippen LogP contribution in [0.25, 0.3) is 0 Å². The molecule has 0 heterocycles. The van der Waals surface area contributed by atoms with Gasteiger partial charge >= 0.3 is 5.97 Å². The van der Waals surface area contributed by atoms with Crippen LogP contribution in [0.1, 0.15) is 15.9 Å². The Bertz CT molecular complexity index is 732. The summed E-state index contributed by atoms with van der Waals surface area (Å²) in [5.74, 6) is 0.145. The highest BCUT2D eigenvalue weighted by molar-refractivity contribution is 6.42. The lowest BCUT2D eigenvalue weighted by Gasteiger charge is -2.14. The number of carbonyl (C=O) groups excluding carboxylic acids is 1. The first-order chi connectivity index (χ1) is 11.0. The average molecular weight is 376 g/mol. The van der Waals surface area contributed by atoms with Gasteiger partial charge in [-0.3, -0.25) is 0 Å². The predicted molar refractivity (Wildman–Crippen MR) is 90.1 cm³/mol. The van der Waals surface area contributed by atoms with Crippen LogP contribution in [-0.4, -0.2) is 20.2 Å². The maximum absolute atomic E-state index is 11.6. The number of ether oxygens (including phenoxy) is 3. The Morgan fingerprint density at radius 2 is 1.74 bits per heavy atom. The Kier molecular flexibility index (Phi) is 5.99. The highest BCUT2D eigenvalue weighted by Gasteiger charge is 2.16. The Morgan fingerprint density at radius 3 is 2.35 bits per heavy atom. The SMILES string of the molecule is COC(=O)c1cc(Cl)c(OCc2ccc(Cl)c(Cl)c2)c(OC)c1. The largest absolute Gasteiger partial charge is 0.493 e. The molecular formula is C16H13Cl3O4. The van der Waals surface area contributed by atoms with Crippen LogP contribution in [0.3, 0.4) is 0 Å². The fourth-order valence-corrected chi connectivity index (χ4v) is 2.47. The summed E-state index contributed by atoms with van der Waals surface area (Å²) in [5, 5.41) is 1.14. The van der Waals surface area contributed by atoms with Crippen LogP contribution in [0, 0.1) is 0 Å². The summed E-state index contributed by atoms with van der Waals surface area (Å²) in [6.07, 6.45) is 0. The van der Waals surface area contributed by atoms with Crippen molar-refractivity contribution in [1.82, 2.24) is 0 Å². The van der Waals surface area contributed by atoms with E-state index in [0.29, 0.717) is 21.5 Å². The van der Waals surface area contributed by atoms with E-state index in [0.717, 1.165) is 5.56 Å². The first-order valence-corrected chi connectivity index (χ1v) is 7.62. The van der Waals surface area contributed by atoms with Crippen molar-refractivity contribution in [2.75, 3.05) is 14.2 Å². The molecule has 0 saturated carbocycles. The van der Waals surface area contributed by atoms with Crippen LogP contribution in [0.5, 0.6) is 11.5 Å². The summed E-state index contributed by atoms with van der Waals surface area (Å²) in [4.78, 5) is 11.6.